The third kappa shape index (κ3) is 4.31. The Morgan fingerprint density at radius 1 is 1.27 bits per heavy atom. The molecule has 0 saturated carbocycles. The second-order valence-corrected chi connectivity index (χ2v) is 6.81. The second kappa shape index (κ2) is 9.00. The first-order valence-corrected chi connectivity index (χ1v) is 9.45. The van der Waals surface area contributed by atoms with E-state index >= 15 is 0 Å². The fraction of sp³-hybridized carbons (Fsp3) is 0.182. The van der Waals surface area contributed by atoms with E-state index in [4.69, 9.17) is 16.3 Å². The van der Waals surface area contributed by atoms with Crippen LogP contribution >= 0.6 is 11.6 Å². The molecule has 3 aromatic rings. The Kier molecular flexibility index (Phi) is 6.42. The van der Waals surface area contributed by atoms with Crippen LogP contribution in [0.5, 0.6) is 5.75 Å². The van der Waals surface area contributed by atoms with Gasteiger partial charge in [0.05, 0.1) is 31.2 Å². The van der Waals surface area contributed by atoms with E-state index in [1.165, 1.54) is 25.3 Å². The zero-order valence-electron chi connectivity index (χ0n) is 16.3. The van der Waals surface area contributed by atoms with Crippen molar-refractivity contribution in [1.29, 1.82) is 0 Å². The Labute approximate surface area is 177 Å². The molecule has 30 heavy (non-hydrogen) atoms. The van der Waals surface area contributed by atoms with Crippen LogP contribution < -0.4 is 4.74 Å². The number of aliphatic hydroxyl groups is 1. The lowest BCUT2D eigenvalue weighted by molar-refractivity contribution is -0.151. The van der Waals surface area contributed by atoms with Crippen LogP contribution in [-0.4, -0.2) is 35.1 Å². The first-order chi connectivity index (χ1) is 14.3. The highest BCUT2D eigenvalue weighted by Crippen LogP contribution is 2.34. The number of rotatable bonds is 7. The fourth-order valence-corrected chi connectivity index (χ4v) is 3.32. The van der Waals surface area contributed by atoms with Crippen molar-refractivity contribution in [2.75, 3.05) is 13.7 Å². The summed E-state index contributed by atoms with van der Waals surface area (Å²) in [6.07, 6.45) is 2.35. The number of fused-ring (bicyclic) bond motifs is 1. The van der Waals surface area contributed by atoms with Gasteiger partial charge in [-0.05, 0) is 37.3 Å². The number of nitrogens with zero attached hydrogens (tertiary/aromatic N) is 1. The zero-order valence-corrected chi connectivity index (χ0v) is 17.1. The van der Waals surface area contributed by atoms with Gasteiger partial charge in [-0.3, -0.25) is 4.79 Å². The minimum absolute atomic E-state index is 0.0392. The van der Waals surface area contributed by atoms with Gasteiger partial charge in [0.15, 0.2) is 0 Å². The van der Waals surface area contributed by atoms with Gasteiger partial charge in [0, 0.05) is 28.4 Å². The van der Waals surface area contributed by atoms with Gasteiger partial charge in [0.1, 0.15) is 17.3 Å². The number of carbonyl (C=O) groups excluding carboxylic acids is 2. The second-order valence-electron chi connectivity index (χ2n) is 6.38. The monoisotopic (exact) mass is 431 g/mol. The van der Waals surface area contributed by atoms with Crippen LogP contribution in [0.3, 0.4) is 0 Å². The van der Waals surface area contributed by atoms with Crippen LogP contribution in [0.4, 0.5) is 4.39 Å². The molecule has 6 nitrogen and oxygen atoms in total. The van der Waals surface area contributed by atoms with Gasteiger partial charge in [0.2, 0.25) is 0 Å². The van der Waals surface area contributed by atoms with Crippen molar-refractivity contribution in [1.82, 2.24) is 4.57 Å². The number of hydrogen-bond donors (Lipinski definition) is 1. The Bertz CT molecular complexity index is 1150. The molecule has 0 unspecified atom stereocenters. The van der Waals surface area contributed by atoms with Gasteiger partial charge >= 0.3 is 5.97 Å². The van der Waals surface area contributed by atoms with Crippen LogP contribution in [0.25, 0.3) is 16.7 Å². The molecule has 0 radical (unpaired) electrons. The van der Waals surface area contributed by atoms with Crippen molar-refractivity contribution in [2.45, 2.75) is 13.5 Å². The summed E-state index contributed by atoms with van der Waals surface area (Å²) in [7, 11) is 1.47. The standard InChI is InChI=1S/C22H19ClFNO5/c1-3-30-22(28)19(27)10-18(26)15-12-25(11-13-9-14(23)7-8-16(13)24)17-5-4-6-20(29-2)21(15)17/h4-10,12,26H,3,11H2,1-2H3. The molecular formula is C22H19ClFNO5. The van der Waals surface area contributed by atoms with Crippen molar-refractivity contribution < 1.29 is 28.6 Å². The van der Waals surface area contributed by atoms with Gasteiger partial charge in [0.25, 0.3) is 5.78 Å². The predicted molar refractivity (Wildman–Crippen MR) is 111 cm³/mol. The van der Waals surface area contributed by atoms with Gasteiger partial charge in [-0.2, -0.15) is 0 Å². The van der Waals surface area contributed by atoms with Gasteiger partial charge in [-0.15, -0.1) is 0 Å². The molecule has 0 aliphatic carbocycles. The number of ether oxygens (including phenoxy) is 2. The third-order valence-electron chi connectivity index (χ3n) is 4.46. The average Bonchev–Trinajstić information content (AvgIpc) is 3.09. The molecule has 8 heteroatoms. The summed E-state index contributed by atoms with van der Waals surface area (Å²) in [5.74, 6) is -2.49. The quantitative estimate of drug-likeness (QED) is 0.257. The molecule has 1 N–H and O–H groups in total. The van der Waals surface area contributed by atoms with E-state index in [-0.39, 0.29) is 18.7 Å². The summed E-state index contributed by atoms with van der Waals surface area (Å²) in [6.45, 7) is 1.73. The summed E-state index contributed by atoms with van der Waals surface area (Å²) in [5, 5.41) is 11.5. The molecular weight excluding hydrogens is 413 g/mol. The molecule has 3 rings (SSSR count). The number of hydrogen-bond acceptors (Lipinski definition) is 5. The molecule has 0 amide bonds. The maximum absolute atomic E-state index is 14.2. The SMILES string of the molecule is CCOC(=O)C(=O)C=C(O)c1cn(Cc2cc(Cl)ccc2F)c2cccc(OC)c12. The van der Waals surface area contributed by atoms with E-state index in [9.17, 15) is 19.1 Å². The zero-order chi connectivity index (χ0) is 21.8. The number of aromatic nitrogens is 1. The van der Waals surface area contributed by atoms with E-state index in [1.54, 1.807) is 35.9 Å². The number of aliphatic hydroxyl groups excluding tert-OH is 1. The molecule has 2 aromatic carbocycles. The number of ketones is 1. The van der Waals surface area contributed by atoms with Crippen molar-refractivity contribution in [3.05, 3.63) is 70.6 Å². The van der Waals surface area contributed by atoms with E-state index in [0.29, 0.717) is 27.2 Å². The Hall–Kier alpha value is -3.32. The molecule has 0 atom stereocenters. The number of methoxy groups -OCH3 is 1. The molecule has 1 heterocycles. The lowest BCUT2D eigenvalue weighted by Crippen LogP contribution is -2.15. The Balaban J connectivity index is 2.12. The fourth-order valence-electron chi connectivity index (χ4n) is 3.13. The van der Waals surface area contributed by atoms with E-state index in [1.807, 2.05) is 0 Å². The maximum atomic E-state index is 14.2. The minimum atomic E-state index is -1.07. The number of carbonyl (C=O) groups is 2. The molecule has 1 aromatic heterocycles. The molecule has 0 bridgehead atoms. The Morgan fingerprint density at radius 3 is 2.73 bits per heavy atom. The molecule has 156 valence electrons. The first-order valence-electron chi connectivity index (χ1n) is 9.07. The lowest BCUT2D eigenvalue weighted by Gasteiger charge is -2.08. The first kappa shape index (κ1) is 21.4. The molecule has 0 spiro atoms. The number of benzene rings is 2. The van der Waals surface area contributed by atoms with E-state index < -0.39 is 23.3 Å². The summed E-state index contributed by atoms with van der Waals surface area (Å²) in [5.41, 5.74) is 1.23. The van der Waals surface area contributed by atoms with Gasteiger partial charge < -0.3 is 19.1 Å². The van der Waals surface area contributed by atoms with Crippen LogP contribution in [0, 0.1) is 5.82 Å². The smallest absolute Gasteiger partial charge is 0.379 e. The summed E-state index contributed by atoms with van der Waals surface area (Å²) >= 11 is 5.99. The largest absolute Gasteiger partial charge is 0.507 e. The van der Waals surface area contributed by atoms with Crippen molar-refractivity contribution in [3.8, 4) is 5.75 Å². The van der Waals surface area contributed by atoms with Crippen LogP contribution in [0.2, 0.25) is 5.02 Å². The molecule has 0 aliphatic heterocycles. The topological polar surface area (TPSA) is 77.8 Å². The van der Waals surface area contributed by atoms with Crippen molar-refractivity contribution in [3.63, 3.8) is 0 Å². The highest BCUT2D eigenvalue weighted by molar-refractivity contribution is 6.39. The third-order valence-corrected chi connectivity index (χ3v) is 4.69. The summed E-state index contributed by atoms with van der Waals surface area (Å²) in [6, 6.07) is 9.46. The van der Waals surface area contributed by atoms with Crippen LogP contribution in [0.1, 0.15) is 18.1 Å². The van der Waals surface area contributed by atoms with Crippen LogP contribution in [-0.2, 0) is 20.9 Å². The molecule has 0 saturated heterocycles. The van der Waals surface area contributed by atoms with E-state index in [0.717, 1.165) is 6.08 Å². The summed E-state index contributed by atoms with van der Waals surface area (Å²) < 4.78 is 26.0. The average molecular weight is 432 g/mol. The predicted octanol–water partition coefficient (Wildman–Crippen LogP) is 4.52. The molecule has 0 aliphatic rings. The minimum Gasteiger partial charge on any atom is -0.507 e. The highest BCUT2D eigenvalue weighted by atomic mass is 35.5. The summed E-state index contributed by atoms with van der Waals surface area (Å²) in [4.78, 5) is 23.6. The number of halogens is 2. The van der Waals surface area contributed by atoms with Gasteiger partial charge in [-0.1, -0.05) is 17.7 Å². The van der Waals surface area contributed by atoms with E-state index in [2.05, 4.69) is 4.74 Å². The van der Waals surface area contributed by atoms with Gasteiger partial charge in [-0.25, -0.2) is 9.18 Å². The normalized spacial score (nSPS) is 11.5. The lowest BCUT2D eigenvalue weighted by atomic mass is 10.1. The number of esters is 1. The van der Waals surface area contributed by atoms with Crippen molar-refractivity contribution in [2.24, 2.45) is 0 Å². The Morgan fingerprint density at radius 2 is 2.03 bits per heavy atom. The highest BCUT2D eigenvalue weighted by Gasteiger charge is 2.20. The molecule has 0 fully saturated rings. The van der Waals surface area contributed by atoms with Crippen molar-refractivity contribution >= 4 is 40.0 Å². The maximum Gasteiger partial charge on any atom is 0.379 e. The van der Waals surface area contributed by atoms with Crippen LogP contribution in [0.15, 0.2) is 48.7 Å².